The van der Waals surface area contributed by atoms with E-state index < -0.39 is 0 Å². The minimum Gasteiger partial charge on any atom is -0.494 e. The van der Waals surface area contributed by atoms with Crippen LogP contribution in [0.4, 0.5) is 10.1 Å². The summed E-state index contributed by atoms with van der Waals surface area (Å²) in [6.07, 6.45) is 0. The van der Waals surface area contributed by atoms with Crippen LogP contribution in [0.2, 0.25) is 5.02 Å². The fourth-order valence-corrected chi connectivity index (χ4v) is 4.23. The van der Waals surface area contributed by atoms with Crippen LogP contribution in [0.5, 0.6) is 5.75 Å². The number of halogens is 2. The smallest absolute Gasteiger partial charge is 0.290 e. The third-order valence-corrected chi connectivity index (χ3v) is 6.01. The molecule has 3 aromatic rings. The monoisotopic (exact) mass is 444 g/mol. The van der Waals surface area contributed by atoms with Crippen molar-refractivity contribution < 1.29 is 9.13 Å². The van der Waals surface area contributed by atoms with Crippen LogP contribution in [-0.2, 0) is 13.6 Å². The number of anilines is 1. The highest BCUT2D eigenvalue weighted by Gasteiger charge is 2.23. The second-order valence-electron chi connectivity index (χ2n) is 7.57. The first-order valence-corrected chi connectivity index (χ1v) is 10.8. The molecule has 0 spiro atoms. The second kappa shape index (κ2) is 9.16. The van der Waals surface area contributed by atoms with E-state index in [1.54, 1.807) is 23.9 Å². The molecule has 31 heavy (non-hydrogen) atoms. The number of ether oxygens (including phenoxy) is 1. The highest BCUT2D eigenvalue weighted by molar-refractivity contribution is 6.31. The van der Waals surface area contributed by atoms with Crippen molar-refractivity contribution in [2.45, 2.75) is 13.5 Å². The van der Waals surface area contributed by atoms with Crippen LogP contribution >= 0.6 is 11.6 Å². The Morgan fingerprint density at radius 2 is 1.74 bits per heavy atom. The lowest BCUT2D eigenvalue weighted by Crippen LogP contribution is -2.46. The lowest BCUT2D eigenvalue weighted by molar-refractivity contribution is 0.243. The summed E-state index contributed by atoms with van der Waals surface area (Å²) in [6.45, 7) is 6.66. The molecule has 1 aliphatic rings. The second-order valence-corrected chi connectivity index (χ2v) is 7.95. The zero-order valence-electron chi connectivity index (χ0n) is 17.7. The molecule has 0 saturated carbocycles. The molecule has 2 heterocycles. The van der Waals surface area contributed by atoms with Crippen LogP contribution < -0.4 is 15.2 Å². The topological polar surface area (TPSA) is 42.6 Å². The fourth-order valence-electron chi connectivity index (χ4n) is 3.97. The van der Waals surface area contributed by atoms with E-state index in [-0.39, 0.29) is 16.4 Å². The third kappa shape index (κ3) is 4.48. The Bertz CT molecular complexity index is 1100. The van der Waals surface area contributed by atoms with Crippen molar-refractivity contribution >= 4 is 17.3 Å². The summed E-state index contributed by atoms with van der Waals surface area (Å²) in [7, 11) is 1.81. The Hall–Kier alpha value is -2.77. The highest BCUT2D eigenvalue weighted by atomic mass is 35.5. The van der Waals surface area contributed by atoms with Crippen molar-refractivity contribution in [2.24, 2.45) is 7.05 Å². The van der Waals surface area contributed by atoms with E-state index in [1.165, 1.54) is 16.8 Å². The quantitative estimate of drug-likeness (QED) is 0.581. The van der Waals surface area contributed by atoms with Gasteiger partial charge < -0.3 is 9.64 Å². The summed E-state index contributed by atoms with van der Waals surface area (Å²) < 4.78 is 22.1. The predicted molar refractivity (Wildman–Crippen MR) is 121 cm³/mol. The van der Waals surface area contributed by atoms with Crippen LogP contribution in [0.1, 0.15) is 12.6 Å². The van der Waals surface area contributed by atoms with Crippen LogP contribution in [0.25, 0.3) is 5.69 Å². The van der Waals surface area contributed by atoms with Gasteiger partial charge in [-0.3, -0.25) is 14.4 Å². The van der Waals surface area contributed by atoms with Crippen molar-refractivity contribution in [3.05, 3.63) is 75.4 Å². The SMILES string of the molecule is CCOc1cccc(N2CCN(Cc3c(Cl)c(=O)n(-c4ccc(F)cc4)n3C)CC2)c1. The number of nitrogens with zero attached hydrogens (tertiary/aromatic N) is 4. The molecular weight excluding hydrogens is 419 g/mol. The lowest BCUT2D eigenvalue weighted by Gasteiger charge is -2.36. The van der Waals surface area contributed by atoms with E-state index >= 15 is 0 Å². The molecule has 0 radical (unpaired) electrons. The van der Waals surface area contributed by atoms with Crippen molar-refractivity contribution in [1.82, 2.24) is 14.3 Å². The van der Waals surface area contributed by atoms with Gasteiger partial charge in [-0.25, -0.2) is 9.07 Å². The largest absolute Gasteiger partial charge is 0.494 e. The van der Waals surface area contributed by atoms with Gasteiger partial charge in [0.1, 0.15) is 16.6 Å². The zero-order valence-corrected chi connectivity index (χ0v) is 18.5. The average Bonchev–Trinajstić information content (AvgIpc) is 2.99. The van der Waals surface area contributed by atoms with E-state index in [1.807, 2.05) is 19.1 Å². The Kier molecular flexibility index (Phi) is 6.34. The maximum absolute atomic E-state index is 13.3. The molecule has 0 aliphatic carbocycles. The number of hydrogen-bond acceptors (Lipinski definition) is 4. The maximum atomic E-state index is 13.3. The first kappa shape index (κ1) is 21.5. The van der Waals surface area contributed by atoms with Gasteiger partial charge in [0.15, 0.2) is 0 Å². The molecule has 8 heteroatoms. The van der Waals surface area contributed by atoms with Gasteiger partial charge in [-0.2, -0.15) is 0 Å². The fraction of sp³-hybridized carbons (Fsp3) is 0.348. The van der Waals surface area contributed by atoms with Gasteiger partial charge in [0, 0.05) is 51.5 Å². The molecule has 1 aliphatic heterocycles. The van der Waals surface area contributed by atoms with E-state index in [4.69, 9.17) is 16.3 Å². The summed E-state index contributed by atoms with van der Waals surface area (Å²) in [5.41, 5.74) is 2.19. The summed E-state index contributed by atoms with van der Waals surface area (Å²) >= 11 is 6.41. The Morgan fingerprint density at radius 1 is 1.03 bits per heavy atom. The molecule has 1 fully saturated rings. The van der Waals surface area contributed by atoms with E-state index in [0.29, 0.717) is 18.8 Å². The van der Waals surface area contributed by atoms with Crippen LogP contribution in [0, 0.1) is 5.82 Å². The average molecular weight is 445 g/mol. The van der Waals surface area contributed by atoms with Gasteiger partial charge in [-0.1, -0.05) is 17.7 Å². The molecule has 0 amide bonds. The summed E-state index contributed by atoms with van der Waals surface area (Å²) in [5.74, 6) is 0.535. The minimum absolute atomic E-state index is 0.207. The number of hydrogen-bond donors (Lipinski definition) is 0. The molecule has 1 saturated heterocycles. The zero-order chi connectivity index (χ0) is 22.0. The van der Waals surface area contributed by atoms with E-state index in [9.17, 15) is 9.18 Å². The minimum atomic E-state index is -0.345. The Balaban J connectivity index is 1.46. The van der Waals surface area contributed by atoms with Gasteiger partial charge in [0.25, 0.3) is 5.56 Å². The standard InChI is InChI=1S/C23H26ClFN4O2/c1-3-31-20-6-4-5-19(15-20)28-13-11-27(12-14-28)16-21-22(24)23(30)29(26(21)2)18-9-7-17(25)8-10-18/h4-10,15H,3,11-14,16H2,1-2H3. The van der Waals surface area contributed by atoms with Crippen molar-refractivity contribution in [2.75, 3.05) is 37.7 Å². The molecule has 0 unspecified atom stereocenters. The van der Waals surface area contributed by atoms with Crippen LogP contribution in [-0.4, -0.2) is 47.0 Å². The van der Waals surface area contributed by atoms with Gasteiger partial charge in [0.2, 0.25) is 0 Å². The van der Waals surface area contributed by atoms with E-state index in [0.717, 1.165) is 43.3 Å². The number of piperazine rings is 1. The number of rotatable bonds is 6. The van der Waals surface area contributed by atoms with Gasteiger partial charge in [-0.15, -0.1) is 0 Å². The van der Waals surface area contributed by atoms with Gasteiger partial charge in [-0.05, 0) is 43.3 Å². The lowest BCUT2D eigenvalue weighted by atomic mass is 10.2. The van der Waals surface area contributed by atoms with Gasteiger partial charge >= 0.3 is 0 Å². The molecule has 1 aromatic heterocycles. The predicted octanol–water partition coefficient (Wildman–Crippen LogP) is 3.69. The number of aromatic nitrogens is 2. The normalized spacial score (nSPS) is 14.8. The molecule has 6 nitrogen and oxygen atoms in total. The maximum Gasteiger partial charge on any atom is 0.290 e. The molecule has 2 aromatic carbocycles. The van der Waals surface area contributed by atoms with Crippen molar-refractivity contribution in [3.8, 4) is 11.4 Å². The van der Waals surface area contributed by atoms with Crippen molar-refractivity contribution in [3.63, 3.8) is 0 Å². The molecule has 0 bridgehead atoms. The van der Waals surface area contributed by atoms with Crippen molar-refractivity contribution in [1.29, 1.82) is 0 Å². The molecule has 0 N–H and O–H groups in total. The van der Waals surface area contributed by atoms with Gasteiger partial charge in [0.05, 0.1) is 18.0 Å². The first-order valence-electron chi connectivity index (χ1n) is 10.4. The van der Waals surface area contributed by atoms with Crippen LogP contribution in [0.3, 0.4) is 0 Å². The summed E-state index contributed by atoms with van der Waals surface area (Å²) in [6, 6.07) is 14.0. The molecule has 4 rings (SSSR count). The third-order valence-electron chi connectivity index (χ3n) is 5.63. The molecule has 0 atom stereocenters. The highest BCUT2D eigenvalue weighted by Crippen LogP contribution is 2.24. The summed E-state index contributed by atoms with van der Waals surface area (Å²) in [4.78, 5) is 17.4. The summed E-state index contributed by atoms with van der Waals surface area (Å²) in [5, 5.41) is 0.207. The van der Waals surface area contributed by atoms with E-state index in [2.05, 4.69) is 21.9 Å². The first-order chi connectivity index (χ1) is 15.0. The molecule has 164 valence electrons. The number of benzene rings is 2. The van der Waals surface area contributed by atoms with Crippen LogP contribution in [0.15, 0.2) is 53.3 Å². The Labute approximate surface area is 186 Å². The Morgan fingerprint density at radius 3 is 2.42 bits per heavy atom. The molecular formula is C23H26ClFN4O2.